The monoisotopic (exact) mass is 264 g/mol. The van der Waals surface area contributed by atoms with Crippen LogP contribution >= 0.6 is 22.9 Å². The molecule has 0 aliphatic carbocycles. The lowest BCUT2D eigenvalue weighted by molar-refractivity contribution is 0.707. The molecule has 1 aliphatic rings. The van der Waals surface area contributed by atoms with Crippen LogP contribution < -0.4 is 8.85 Å². The minimum absolute atomic E-state index is 0.417. The summed E-state index contributed by atoms with van der Waals surface area (Å²) in [5.41, 5.74) is 2.65. The van der Waals surface area contributed by atoms with Gasteiger partial charge in [-0.15, -0.1) is 0 Å². The molecule has 0 aromatic rings. The van der Waals surface area contributed by atoms with E-state index in [0.29, 0.717) is 6.04 Å². The van der Waals surface area contributed by atoms with E-state index in [2.05, 4.69) is 57.7 Å². The molecular formula is C8H13IN2. The van der Waals surface area contributed by atoms with E-state index in [1.54, 1.807) is 0 Å². The SMILES string of the molecule is CC1=CC=C(C(C)NI)NC1. The van der Waals surface area contributed by atoms with Crippen LogP contribution in [0.15, 0.2) is 23.4 Å². The van der Waals surface area contributed by atoms with Gasteiger partial charge in [0.1, 0.15) is 0 Å². The Hall–Kier alpha value is -0.0300. The Morgan fingerprint density at radius 2 is 2.36 bits per heavy atom. The van der Waals surface area contributed by atoms with Gasteiger partial charge in [-0.2, -0.15) is 0 Å². The van der Waals surface area contributed by atoms with Gasteiger partial charge >= 0.3 is 0 Å². The predicted octanol–water partition coefficient (Wildman–Crippen LogP) is 1.75. The summed E-state index contributed by atoms with van der Waals surface area (Å²) < 4.78 is 3.16. The van der Waals surface area contributed by atoms with Crippen LogP contribution in [0.5, 0.6) is 0 Å². The molecule has 0 spiro atoms. The van der Waals surface area contributed by atoms with Gasteiger partial charge in [0.15, 0.2) is 0 Å². The van der Waals surface area contributed by atoms with Crippen LogP contribution in [-0.2, 0) is 0 Å². The normalized spacial score (nSPS) is 19.9. The average molecular weight is 264 g/mol. The summed E-state index contributed by atoms with van der Waals surface area (Å²) in [7, 11) is 0. The van der Waals surface area contributed by atoms with E-state index in [9.17, 15) is 0 Å². The Kier molecular flexibility index (Phi) is 3.39. The van der Waals surface area contributed by atoms with Crippen LogP contribution in [-0.4, -0.2) is 12.6 Å². The van der Waals surface area contributed by atoms with Crippen molar-refractivity contribution in [3.8, 4) is 0 Å². The summed E-state index contributed by atoms with van der Waals surface area (Å²) in [4.78, 5) is 0. The zero-order valence-electron chi connectivity index (χ0n) is 6.82. The van der Waals surface area contributed by atoms with Crippen molar-refractivity contribution in [2.75, 3.05) is 6.54 Å². The Morgan fingerprint density at radius 1 is 1.64 bits per heavy atom. The van der Waals surface area contributed by atoms with E-state index < -0.39 is 0 Å². The Bertz CT molecular complexity index is 196. The first-order valence-electron chi connectivity index (χ1n) is 3.71. The van der Waals surface area contributed by atoms with E-state index in [4.69, 9.17) is 0 Å². The Balaban J connectivity index is 2.60. The van der Waals surface area contributed by atoms with E-state index in [-0.39, 0.29) is 0 Å². The molecular weight excluding hydrogens is 251 g/mol. The molecule has 0 radical (unpaired) electrons. The summed E-state index contributed by atoms with van der Waals surface area (Å²) in [5, 5.41) is 3.35. The maximum absolute atomic E-state index is 3.35. The van der Waals surface area contributed by atoms with Crippen LogP contribution in [0.3, 0.4) is 0 Å². The lowest BCUT2D eigenvalue weighted by Crippen LogP contribution is -2.31. The number of allylic oxidation sites excluding steroid dienone is 2. The van der Waals surface area contributed by atoms with E-state index in [1.807, 2.05) is 0 Å². The van der Waals surface area contributed by atoms with E-state index >= 15 is 0 Å². The Morgan fingerprint density at radius 3 is 2.82 bits per heavy atom. The topological polar surface area (TPSA) is 24.1 Å². The number of nitrogens with one attached hydrogen (secondary N) is 2. The lowest BCUT2D eigenvalue weighted by Gasteiger charge is -2.19. The molecule has 0 saturated heterocycles. The molecule has 0 bridgehead atoms. The second-order valence-electron chi connectivity index (χ2n) is 2.82. The molecule has 1 rings (SSSR count). The van der Waals surface area contributed by atoms with Gasteiger partial charge in [-0.3, -0.25) is 3.53 Å². The minimum Gasteiger partial charge on any atom is -0.383 e. The van der Waals surface area contributed by atoms with Gasteiger partial charge in [0.05, 0.1) is 6.04 Å². The maximum atomic E-state index is 3.35. The molecule has 1 unspecified atom stereocenters. The molecule has 1 aliphatic heterocycles. The predicted molar refractivity (Wildman–Crippen MR) is 56.5 cm³/mol. The summed E-state index contributed by atoms with van der Waals surface area (Å²) >= 11 is 2.17. The van der Waals surface area contributed by atoms with Gasteiger partial charge in [-0.05, 0) is 19.9 Å². The van der Waals surface area contributed by atoms with Crippen molar-refractivity contribution in [3.63, 3.8) is 0 Å². The second kappa shape index (κ2) is 4.11. The zero-order valence-corrected chi connectivity index (χ0v) is 8.97. The molecule has 0 saturated carbocycles. The van der Waals surface area contributed by atoms with Crippen LogP contribution in [0.4, 0.5) is 0 Å². The first kappa shape index (κ1) is 9.06. The van der Waals surface area contributed by atoms with Gasteiger partial charge in [-0.25, -0.2) is 0 Å². The van der Waals surface area contributed by atoms with Crippen molar-refractivity contribution >= 4 is 22.9 Å². The fourth-order valence-corrected chi connectivity index (χ4v) is 1.28. The van der Waals surface area contributed by atoms with Crippen molar-refractivity contribution in [1.29, 1.82) is 0 Å². The fourth-order valence-electron chi connectivity index (χ4n) is 0.948. The van der Waals surface area contributed by atoms with Gasteiger partial charge in [0, 0.05) is 35.1 Å². The van der Waals surface area contributed by atoms with Gasteiger partial charge in [0.2, 0.25) is 0 Å². The van der Waals surface area contributed by atoms with Crippen molar-refractivity contribution in [3.05, 3.63) is 23.4 Å². The highest BCUT2D eigenvalue weighted by Crippen LogP contribution is 2.07. The third-order valence-electron chi connectivity index (χ3n) is 1.75. The quantitative estimate of drug-likeness (QED) is 0.586. The van der Waals surface area contributed by atoms with Crippen molar-refractivity contribution in [2.45, 2.75) is 19.9 Å². The fraction of sp³-hybridized carbons (Fsp3) is 0.500. The van der Waals surface area contributed by atoms with Crippen LogP contribution in [0.25, 0.3) is 0 Å². The van der Waals surface area contributed by atoms with Crippen molar-refractivity contribution in [2.24, 2.45) is 0 Å². The number of hydrogen-bond donors (Lipinski definition) is 2. The first-order valence-corrected chi connectivity index (χ1v) is 4.79. The second-order valence-corrected chi connectivity index (χ2v) is 3.44. The number of rotatable bonds is 2. The highest BCUT2D eigenvalue weighted by atomic mass is 127. The highest BCUT2D eigenvalue weighted by molar-refractivity contribution is 14.1. The molecule has 1 atom stereocenters. The van der Waals surface area contributed by atoms with Crippen molar-refractivity contribution in [1.82, 2.24) is 8.85 Å². The first-order chi connectivity index (χ1) is 5.24. The van der Waals surface area contributed by atoms with Gasteiger partial charge < -0.3 is 5.32 Å². The number of halogens is 1. The standard InChI is InChI=1S/C8H13IN2/c1-6-3-4-8(10-5-6)7(2)11-9/h3-4,7,10-11H,5H2,1-2H3. The molecule has 62 valence electrons. The molecule has 1 heterocycles. The third-order valence-corrected chi connectivity index (χ3v) is 2.68. The van der Waals surface area contributed by atoms with E-state index in [0.717, 1.165) is 6.54 Å². The lowest BCUT2D eigenvalue weighted by atomic mass is 10.1. The Labute approximate surface area is 81.6 Å². The molecule has 2 nitrogen and oxygen atoms in total. The smallest absolute Gasteiger partial charge is 0.0531 e. The summed E-state index contributed by atoms with van der Waals surface area (Å²) in [6, 6.07) is 0.417. The van der Waals surface area contributed by atoms with Crippen LogP contribution in [0.1, 0.15) is 13.8 Å². The summed E-state index contributed by atoms with van der Waals surface area (Å²) in [5.74, 6) is 0. The molecule has 3 heteroatoms. The zero-order chi connectivity index (χ0) is 8.27. The average Bonchev–Trinajstić information content (AvgIpc) is 2.05. The van der Waals surface area contributed by atoms with Gasteiger partial charge in [0.25, 0.3) is 0 Å². The number of hydrogen-bond acceptors (Lipinski definition) is 2. The molecule has 2 N–H and O–H groups in total. The molecule has 0 aromatic heterocycles. The molecule has 0 amide bonds. The van der Waals surface area contributed by atoms with Crippen LogP contribution in [0.2, 0.25) is 0 Å². The maximum Gasteiger partial charge on any atom is 0.0531 e. The highest BCUT2D eigenvalue weighted by Gasteiger charge is 2.07. The minimum atomic E-state index is 0.417. The number of dihydropyridines is 1. The van der Waals surface area contributed by atoms with Gasteiger partial charge in [-0.1, -0.05) is 11.6 Å². The molecule has 11 heavy (non-hydrogen) atoms. The van der Waals surface area contributed by atoms with Crippen LogP contribution in [0, 0.1) is 0 Å². The van der Waals surface area contributed by atoms with E-state index in [1.165, 1.54) is 11.3 Å². The van der Waals surface area contributed by atoms with Crippen molar-refractivity contribution < 1.29 is 0 Å². The molecule has 0 fully saturated rings. The largest absolute Gasteiger partial charge is 0.383 e. The summed E-state index contributed by atoms with van der Waals surface area (Å²) in [6.07, 6.45) is 4.30. The molecule has 0 aromatic carbocycles. The summed E-state index contributed by atoms with van der Waals surface area (Å²) in [6.45, 7) is 5.25. The third kappa shape index (κ3) is 2.48.